The molecular formula is C18H18ClN5O3S. The Morgan fingerprint density at radius 3 is 2.61 bits per heavy atom. The van der Waals surface area contributed by atoms with Gasteiger partial charge >= 0.3 is 0 Å². The van der Waals surface area contributed by atoms with E-state index in [0.29, 0.717) is 29.7 Å². The lowest BCUT2D eigenvalue weighted by molar-refractivity contribution is 0.244. The lowest BCUT2D eigenvalue weighted by Gasteiger charge is -2.14. The number of nitrogens with zero attached hydrogens (tertiary/aromatic N) is 4. The number of rotatable bonds is 5. The van der Waals surface area contributed by atoms with Crippen LogP contribution in [0.5, 0.6) is 0 Å². The third kappa shape index (κ3) is 3.93. The second-order valence-electron chi connectivity index (χ2n) is 6.66. The Labute approximate surface area is 167 Å². The molecule has 0 saturated carbocycles. The molecule has 0 aliphatic carbocycles. The fourth-order valence-corrected chi connectivity index (χ4v) is 4.63. The zero-order valence-corrected chi connectivity index (χ0v) is 16.6. The Hall–Kier alpha value is -2.33. The largest absolute Gasteiger partial charge is 0.337 e. The van der Waals surface area contributed by atoms with Crippen molar-refractivity contribution in [1.82, 2.24) is 24.7 Å². The van der Waals surface area contributed by atoms with Gasteiger partial charge in [-0.3, -0.25) is 9.88 Å². The van der Waals surface area contributed by atoms with Crippen LogP contribution in [0.25, 0.3) is 11.4 Å². The van der Waals surface area contributed by atoms with E-state index in [4.69, 9.17) is 16.1 Å². The number of aromatic nitrogens is 3. The van der Waals surface area contributed by atoms with Gasteiger partial charge in [0, 0.05) is 35.6 Å². The fraction of sp³-hybridized carbons (Fsp3) is 0.278. The second kappa shape index (κ2) is 7.59. The Morgan fingerprint density at radius 2 is 1.89 bits per heavy atom. The van der Waals surface area contributed by atoms with Gasteiger partial charge in [0.05, 0.1) is 10.9 Å². The molecule has 1 N–H and O–H groups in total. The molecule has 146 valence electrons. The SMILES string of the molecule is CN1CC(NS(=O)(=O)c2ccc(Cl)cc2)CC1c1nc(-c2ccncc2)no1. The molecule has 0 radical (unpaired) electrons. The minimum atomic E-state index is -3.64. The van der Waals surface area contributed by atoms with Crippen LogP contribution in [0.3, 0.4) is 0 Å². The summed E-state index contributed by atoms with van der Waals surface area (Å²) >= 11 is 5.84. The molecule has 0 amide bonds. The Kier molecular flexibility index (Phi) is 5.15. The Morgan fingerprint density at radius 1 is 1.18 bits per heavy atom. The van der Waals surface area contributed by atoms with E-state index in [1.54, 1.807) is 36.7 Å². The topological polar surface area (TPSA) is 101 Å². The predicted molar refractivity (Wildman–Crippen MR) is 103 cm³/mol. The molecule has 4 rings (SSSR count). The van der Waals surface area contributed by atoms with E-state index in [-0.39, 0.29) is 17.0 Å². The van der Waals surface area contributed by atoms with Crippen LogP contribution < -0.4 is 4.72 Å². The summed E-state index contributed by atoms with van der Waals surface area (Å²) in [5.74, 6) is 0.943. The summed E-state index contributed by atoms with van der Waals surface area (Å²) in [5.41, 5.74) is 0.811. The highest BCUT2D eigenvalue weighted by atomic mass is 35.5. The average Bonchev–Trinajstić information content (AvgIpc) is 3.29. The van der Waals surface area contributed by atoms with E-state index in [1.165, 1.54) is 12.1 Å². The number of likely N-dealkylation sites (N-methyl/N-ethyl adjacent to an activating group) is 1. The summed E-state index contributed by atoms with van der Waals surface area (Å²) in [5, 5.41) is 4.52. The maximum atomic E-state index is 12.6. The van der Waals surface area contributed by atoms with Gasteiger partial charge in [0.15, 0.2) is 0 Å². The van der Waals surface area contributed by atoms with Gasteiger partial charge in [-0.25, -0.2) is 13.1 Å². The molecule has 3 heterocycles. The highest BCUT2D eigenvalue weighted by Crippen LogP contribution is 2.31. The highest BCUT2D eigenvalue weighted by molar-refractivity contribution is 7.89. The molecule has 1 aliphatic heterocycles. The molecule has 1 aromatic carbocycles. The summed E-state index contributed by atoms with van der Waals surface area (Å²) in [4.78, 5) is 10.6. The number of sulfonamides is 1. The van der Waals surface area contributed by atoms with Crippen molar-refractivity contribution < 1.29 is 12.9 Å². The first-order valence-electron chi connectivity index (χ1n) is 8.64. The van der Waals surface area contributed by atoms with Crippen LogP contribution in [-0.2, 0) is 10.0 Å². The number of likely N-dealkylation sites (tertiary alicyclic amines) is 1. The third-order valence-corrected chi connectivity index (χ3v) is 6.45. The first-order chi connectivity index (χ1) is 13.4. The number of hydrogen-bond donors (Lipinski definition) is 1. The lowest BCUT2D eigenvalue weighted by atomic mass is 10.2. The molecule has 2 atom stereocenters. The van der Waals surface area contributed by atoms with Crippen LogP contribution in [0, 0.1) is 0 Å². The van der Waals surface area contributed by atoms with Crippen LogP contribution in [0.2, 0.25) is 5.02 Å². The molecule has 1 saturated heterocycles. The van der Waals surface area contributed by atoms with Crippen molar-refractivity contribution >= 4 is 21.6 Å². The summed E-state index contributed by atoms with van der Waals surface area (Å²) in [6, 6.07) is 9.25. The first kappa shape index (κ1) is 19.0. The van der Waals surface area contributed by atoms with E-state index in [2.05, 4.69) is 19.8 Å². The van der Waals surface area contributed by atoms with Crippen molar-refractivity contribution in [2.45, 2.75) is 23.4 Å². The molecule has 2 unspecified atom stereocenters. The van der Waals surface area contributed by atoms with E-state index >= 15 is 0 Å². The standard InChI is InChI=1S/C18H18ClN5O3S/c1-24-11-14(23-28(25,26)15-4-2-13(19)3-5-15)10-16(24)18-21-17(22-27-18)12-6-8-20-9-7-12/h2-9,14,16,23H,10-11H2,1H3. The van der Waals surface area contributed by atoms with Crippen molar-refractivity contribution in [3.05, 3.63) is 59.7 Å². The number of pyridine rings is 1. The Balaban J connectivity index is 1.48. The first-order valence-corrected chi connectivity index (χ1v) is 10.5. The predicted octanol–water partition coefficient (Wildman–Crippen LogP) is 2.51. The third-order valence-electron chi connectivity index (χ3n) is 4.66. The van der Waals surface area contributed by atoms with Crippen LogP contribution in [0.4, 0.5) is 0 Å². The van der Waals surface area contributed by atoms with Crippen molar-refractivity contribution in [1.29, 1.82) is 0 Å². The molecule has 1 fully saturated rings. The maximum Gasteiger partial charge on any atom is 0.244 e. The molecule has 10 heteroatoms. The summed E-state index contributed by atoms with van der Waals surface area (Å²) in [6.45, 7) is 0.532. The zero-order chi connectivity index (χ0) is 19.7. The lowest BCUT2D eigenvalue weighted by Crippen LogP contribution is -2.36. The molecule has 28 heavy (non-hydrogen) atoms. The van der Waals surface area contributed by atoms with Gasteiger partial charge < -0.3 is 4.52 Å². The smallest absolute Gasteiger partial charge is 0.244 e. The van der Waals surface area contributed by atoms with E-state index < -0.39 is 10.0 Å². The number of halogens is 1. The number of hydrogen-bond acceptors (Lipinski definition) is 7. The van der Waals surface area contributed by atoms with Gasteiger partial charge in [-0.1, -0.05) is 16.8 Å². The molecular weight excluding hydrogens is 402 g/mol. The van der Waals surface area contributed by atoms with Gasteiger partial charge in [0.1, 0.15) is 0 Å². The minimum absolute atomic E-state index is 0.166. The normalized spacial score (nSPS) is 20.5. The summed E-state index contributed by atoms with van der Waals surface area (Å²) in [6.07, 6.45) is 3.85. The van der Waals surface area contributed by atoms with Crippen molar-refractivity contribution in [2.75, 3.05) is 13.6 Å². The van der Waals surface area contributed by atoms with Crippen molar-refractivity contribution in [3.63, 3.8) is 0 Å². The van der Waals surface area contributed by atoms with Gasteiger partial charge in [-0.05, 0) is 49.9 Å². The number of benzene rings is 1. The fourth-order valence-electron chi connectivity index (χ4n) is 3.26. The van der Waals surface area contributed by atoms with Crippen molar-refractivity contribution in [3.8, 4) is 11.4 Å². The second-order valence-corrected chi connectivity index (χ2v) is 8.81. The summed E-state index contributed by atoms with van der Waals surface area (Å²) < 4.78 is 33.4. The minimum Gasteiger partial charge on any atom is -0.337 e. The molecule has 0 bridgehead atoms. The molecule has 1 aliphatic rings. The van der Waals surface area contributed by atoms with Crippen LogP contribution in [-0.4, -0.2) is 48.1 Å². The van der Waals surface area contributed by atoms with Gasteiger partial charge in [-0.2, -0.15) is 4.98 Å². The van der Waals surface area contributed by atoms with Gasteiger partial charge in [-0.15, -0.1) is 0 Å². The quantitative estimate of drug-likeness (QED) is 0.677. The van der Waals surface area contributed by atoms with Crippen molar-refractivity contribution in [2.24, 2.45) is 0 Å². The highest BCUT2D eigenvalue weighted by Gasteiger charge is 2.36. The van der Waals surface area contributed by atoms with Gasteiger partial charge in [0.25, 0.3) is 0 Å². The zero-order valence-electron chi connectivity index (χ0n) is 15.0. The van der Waals surface area contributed by atoms with E-state index in [9.17, 15) is 8.42 Å². The Bertz CT molecular complexity index is 1060. The molecule has 3 aromatic rings. The van der Waals surface area contributed by atoms with E-state index in [0.717, 1.165) is 5.56 Å². The molecule has 8 nitrogen and oxygen atoms in total. The molecule has 0 spiro atoms. The van der Waals surface area contributed by atoms with Gasteiger partial charge in [0.2, 0.25) is 21.7 Å². The molecule has 2 aromatic heterocycles. The van der Waals surface area contributed by atoms with Crippen LogP contribution in [0.15, 0.2) is 58.2 Å². The monoisotopic (exact) mass is 419 g/mol. The summed E-state index contributed by atoms with van der Waals surface area (Å²) in [7, 11) is -1.74. The van der Waals surface area contributed by atoms with E-state index in [1.807, 2.05) is 11.9 Å². The number of nitrogens with one attached hydrogen (secondary N) is 1. The van der Waals surface area contributed by atoms with Crippen LogP contribution >= 0.6 is 11.6 Å². The van der Waals surface area contributed by atoms with Crippen LogP contribution in [0.1, 0.15) is 18.4 Å². The maximum absolute atomic E-state index is 12.6. The average molecular weight is 420 g/mol.